The lowest BCUT2D eigenvalue weighted by molar-refractivity contribution is 0.413. The molecule has 0 amide bonds. The average molecular weight is 509 g/mol. The van der Waals surface area contributed by atoms with Crippen LogP contribution in [-0.4, -0.2) is 9.38 Å². The van der Waals surface area contributed by atoms with E-state index in [9.17, 15) is 0 Å². The standard InChI is InChI=1S/C37H36N2/c1-22-9-11-26-20-30-34-33-25(15-16-38-34)12-14-28-27-13-10-24(18-23-7-5-6-8-23)19-32(27)39(36(28)33)35(30)31(29(26)17-22)21-37(2,3)4/h9-17,19-20,23H,5-8,18,21H2,1-4H3. The van der Waals surface area contributed by atoms with Crippen molar-refractivity contribution in [3.63, 3.8) is 0 Å². The van der Waals surface area contributed by atoms with Gasteiger partial charge in [0.2, 0.25) is 0 Å². The van der Waals surface area contributed by atoms with Crippen molar-refractivity contribution in [1.29, 1.82) is 0 Å². The Morgan fingerprint density at radius 2 is 1.59 bits per heavy atom. The second-order valence-electron chi connectivity index (χ2n) is 13.5. The summed E-state index contributed by atoms with van der Waals surface area (Å²) < 4.78 is 2.64. The number of fused-ring (bicyclic) bond motifs is 7. The van der Waals surface area contributed by atoms with E-state index in [4.69, 9.17) is 4.98 Å². The zero-order valence-corrected chi connectivity index (χ0v) is 23.6. The minimum atomic E-state index is 0.151. The topological polar surface area (TPSA) is 17.3 Å². The predicted octanol–water partition coefficient (Wildman–Crippen LogP) is 10.2. The fraction of sp³-hybridized carbons (Fsp3) is 0.324. The largest absolute Gasteiger partial charge is 0.308 e. The monoisotopic (exact) mass is 508 g/mol. The quantitative estimate of drug-likeness (QED) is 0.171. The van der Waals surface area contributed by atoms with Crippen molar-refractivity contribution in [3.05, 3.63) is 83.6 Å². The molecule has 3 aromatic heterocycles. The molecule has 0 spiro atoms. The van der Waals surface area contributed by atoms with Crippen LogP contribution in [0.5, 0.6) is 0 Å². The lowest BCUT2D eigenvalue weighted by atomic mass is 9.84. The third-order valence-corrected chi connectivity index (χ3v) is 9.28. The summed E-state index contributed by atoms with van der Waals surface area (Å²) in [5.74, 6) is 0.834. The van der Waals surface area contributed by atoms with Gasteiger partial charge in [0.1, 0.15) is 0 Å². The molecular formula is C37H36N2. The molecule has 0 saturated heterocycles. The summed E-state index contributed by atoms with van der Waals surface area (Å²) in [6, 6.07) is 23.5. The highest BCUT2D eigenvalue weighted by atomic mass is 14.9. The van der Waals surface area contributed by atoms with E-state index in [-0.39, 0.29) is 5.41 Å². The number of pyridine rings is 2. The van der Waals surface area contributed by atoms with Crippen LogP contribution in [0, 0.1) is 18.3 Å². The molecule has 0 bridgehead atoms. The van der Waals surface area contributed by atoms with Gasteiger partial charge < -0.3 is 4.40 Å². The van der Waals surface area contributed by atoms with Crippen molar-refractivity contribution < 1.29 is 0 Å². The number of aryl methyl sites for hydroxylation is 1. The highest BCUT2D eigenvalue weighted by Gasteiger charge is 2.25. The number of hydrogen-bond donors (Lipinski definition) is 0. The van der Waals surface area contributed by atoms with E-state index in [0.717, 1.165) is 17.9 Å². The van der Waals surface area contributed by atoms with Crippen LogP contribution in [0.1, 0.15) is 63.1 Å². The normalized spacial score (nSPS) is 15.4. The molecule has 0 aliphatic heterocycles. The Hall–Kier alpha value is -3.65. The summed E-state index contributed by atoms with van der Waals surface area (Å²) in [5, 5.41) is 9.24. The maximum atomic E-state index is 5.07. The predicted molar refractivity (Wildman–Crippen MR) is 167 cm³/mol. The van der Waals surface area contributed by atoms with E-state index in [1.54, 1.807) is 0 Å². The van der Waals surface area contributed by atoms with Crippen molar-refractivity contribution >= 4 is 59.8 Å². The average Bonchev–Trinajstić information content (AvgIpc) is 3.53. The van der Waals surface area contributed by atoms with Gasteiger partial charge in [0.15, 0.2) is 0 Å². The van der Waals surface area contributed by atoms with Crippen molar-refractivity contribution in [2.24, 2.45) is 11.3 Å². The Morgan fingerprint density at radius 3 is 2.41 bits per heavy atom. The van der Waals surface area contributed by atoms with E-state index < -0.39 is 0 Å². The fourth-order valence-corrected chi connectivity index (χ4v) is 7.64. The van der Waals surface area contributed by atoms with E-state index in [2.05, 4.69) is 92.8 Å². The van der Waals surface area contributed by atoms with E-state index in [1.807, 2.05) is 6.20 Å². The summed E-state index contributed by atoms with van der Waals surface area (Å²) >= 11 is 0. The van der Waals surface area contributed by atoms with Crippen molar-refractivity contribution in [1.82, 2.24) is 9.38 Å². The van der Waals surface area contributed by atoms with Gasteiger partial charge in [-0.05, 0) is 76.6 Å². The summed E-state index contributed by atoms with van der Waals surface area (Å²) in [5.41, 5.74) is 9.56. The van der Waals surface area contributed by atoms with Gasteiger partial charge in [-0.2, -0.15) is 0 Å². The van der Waals surface area contributed by atoms with Crippen LogP contribution in [0.3, 0.4) is 0 Å². The van der Waals surface area contributed by atoms with Crippen molar-refractivity contribution in [2.45, 2.75) is 66.2 Å². The van der Waals surface area contributed by atoms with Gasteiger partial charge in [0, 0.05) is 27.7 Å². The zero-order chi connectivity index (χ0) is 26.5. The maximum absolute atomic E-state index is 5.07. The summed E-state index contributed by atoms with van der Waals surface area (Å²) in [4.78, 5) is 5.07. The van der Waals surface area contributed by atoms with Gasteiger partial charge in [-0.25, -0.2) is 0 Å². The van der Waals surface area contributed by atoms with Gasteiger partial charge >= 0.3 is 0 Å². The number of aromatic nitrogens is 2. The fourth-order valence-electron chi connectivity index (χ4n) is 7.64. The lowest BCUT2D eigenvalue weighted by Crippen LogP contribution is -2.11. The first-order chi connectivity index (χ1) is 18.9. The molecule has 4 aromatic carbocycles. The molecule has 0 atom stereocenters. The molecule has 0 unspecified atom stereocenters. The SMILES string of the molecule is Cc1ccc2cc3c4nccc5ccc6c7ccc(CC8CCCC8)cc7n(c3c(CC(C)(C)C)c2c1)c6c54. The Kier molecular flexibility index (Phi) is 4.88. The van der Waals surface area contributed by atoms with Crippen molar-refractivity contribution in [2.75, 3.05) is 0 Å². The highest BCUT2D eigenvalue weighted by Crippen LogP contribution is 2.44. The minimum absolute atomic E-state index is 0.151. The third-order valence-electron chi connectivity index (χ3n) is 9.28. The smallest absolute Gasteiger partial charge is 0.0823 e. The van der Waals surface area contributed by atoms with Gasteiger partial charge in [-0.1, -0.05) is 94.5 Å². The molecule has 1 fully saturated rings. The third kappa shape index (κ3) is 3.50. The molecule has 0 N–H and O–H groups in total. The molecule has 1 aliphatic rings. The van der Waals surface area contributed by atoms with Crippen LogP contribution in [-0.2, 0) is 12.8 Å². The second kappa shape index (κ2) is 8.18. The zero-order valence-electron chi connectivity index (χ0n) is 23.6. The molecule has 39 heavy (non-hydrogen) atoms. The molecule has 2 nitrogen and oxygen atoms in total. The maximum Gasteiger partial charge on any atom is 0.0823 e. The molecule has 1 aliphatic carbocycles. The van der Waals surface area contributed by atoms with Gasteiger partial charge in [-0.15, -0.1) is 0 Å². The number of benzene rings is 4. The number of nitrogens with zero attached hydrogens (tertiary/aromatic N) is 2. The highest BCUT2D eigenvalue weighted by molar-refractivity contribution is 6.28. The number of rotatable bonds is 3. The van der Waals surface area contributed by atoms with Gasteiger partial charge in [0.05, 0.1) is 22.1 Å². The van der Waals surface area contributed by atoms with E-state index in [0.29, 0.717) is 0 Å². The number of hydrogen-bond acceptors (Lipinski definition) is 1. The summed E-state index contributed by atoms with van der Waals surface area (Å²) in [6.45, 7) is 9.32. The Morgan fingerprint density at radius 1 is 0.795 bits per heavy atom. The Balaban J connectivity index is 1.61. The summed E-state index contributed by atoms with van der Waals surface area (Å²) in [7, 11) is 0. The molecule has 2 heteroatoms. The molecule has 1 saturated carbocycles. The van der Waals surface area contributed by atoms with Crippen LogP contribution < -0.4 is 0 Å². The minimum Gasteiger partial charge on any atom is -0.308 e. The van der Waals surface area contributed by atoms with Crippen LogP contribution in [0.4, 0.5) is 0 Å². The molecule has 194 valence electrons. The van der Waals surface area contributed by atoms with Crippen LogP contribution in [0.15, 0.2) is 66.9 Å². The van der Waals surface area contributed by atoms with Crippen molar-refractivity contribution in [3.8, 4) is 0 Å². The lowest BCUT2D eigenvalue weighted by Gasteiger charge is -2.23. The molecule has 3 heterocycles. The van der Waals surface area contributed by atoms with E-state index >= 15 is 0 Å². The molecule has 7 aromatic rings. The summed E-state index contributed by atoms with van der Waals surface area (Å²) in [6.07, 6.45) is 9.75. The Bertz CT molecular complexity index is 2060. The first kappa shape index (κ1) is 23.3. The van der Waals surface area contributed by atoms with Crippen LogP contribution in [0.2, 0.25) is 0 Å². The second-order valence-corrected chi connectivity index (χ2v) is 13.5. The van der Waals surface area contributed by atoms with Crippen LogP contribution >= 0.6 is 0 Å². The van der Waals surface area contributed by atoms with Crippen LogP contribution in [0.25, 0.3) is 59.8 Å². The van der Waals surface area contributed by atoms with Gasteiger partial charge in [0.25, 0.3) is 0 Å². The molecule has 8 rings (SSSR count). The first-order valence-electron chi connectivity index (χ1n) is 14.8. The van der Waals surface area contributed by atoms with E-state index in [1.165, 1.54) is 103 Å². The Labute approximate surface area is 230 Å². The molecular weight excluding hydrogens is 472 g/mol. The van der Waals surface area contributed by atoms with Gasteiger partial charge in [-0.3, -0.25) is 4.98 Å². The molecule has 0 radical (unpaired) electrons. The first-order valence-corrected chi connectivity index (χ1v) is 14.8.